The zero-order valence-corrected chi connectivity index (χ0v) is 11.7. The van der Waals surface area contributed by atoms with Crippen LogP contribution in [0.1, 0.15) is 28.4 Å². The molecule has 0 atom stereocenters. The summed E-state index contributed by atoms with van der Waals surface area (Å²) in [5.74, 6) is -0.380. The minimum absolute atomic E-state index is 0.153. The highest BCUT2D eigenvalue weighted by Crippen LogP contribution is 2.31. The van der Waals surface area contributed by atoms with Crippen LogP contribution in [-0.2, 0) is 11.2 Å². The van der Waals surface area contributed by atoms with Gasteiger partial charge in [0.1, 0.15) is 0 Å². The first-order valence-electron chi connectivity index (χ1n) is 6.94. The highest BCUT2D eigenvalue weighted by molar-refractivity contribution is 6.35. The van der Waals surface area contributed by atoms with E-state index in [1.165, 1.54) is 11.6 Å². The van der Waals surface area contributed by atoms with Crippen LogP contribution < -0.4 is 5.32 Å². The summed E-state index contributed by atoms with van der Waals surface area (Å²) in [6.07, 6.45) is 2.35. The van der Waals surface area contributed by atoms with Crippen molar-refractivity contribution in [1.29, 1.82) is 0 Å². The van der Waals surface area contributed by atoms with Crippen LogP contribution in [0.15, 0.2) is 54.6 Å². The average molecular weight is 277 g/mol. The number of para-hydroxylation sites is 1. The Labute approximate surface area is 123 Å². The number of ketones is 1. The standard InChI is InChI=1S/C18H15NO2/c1-2-12-7-9-13(10-8-12)17(20)11-15-14-5-3-4-6-16(14)19-18(15)21/h3-11H,2H2,1H3,(H,19,21). The summed E-state index contributed by atoms with van der Waals surface area (Å²) in [6, 6.07) is 14.9. The van der Waals surface area contributed by atoms with Crippen LogP contribution in [0.25, 0.3) is 5.57 Å². The van der Waals surface area contributed by atoms with Gasteiger partial charge in [-0.3, -0.25) is 9.59 Å². The largest absolute Gasteiger partial charge is 0.321 e. The van der Waals surface area contributed by atoms with Gasteiger partial charge in [-0.2, -0.15) is 0 Å². The lowest BCUT2D eigenvalue weighted by Crippen LogP contribution is -2.06. The number of rotatable bonds is 3. The van der Waals surface area contributed by atoms with Crippen molar-refractivity contribution in [3.05, 3.63) is 71.3 Å². The second-order valence-electron chi connectivity index (χ2n) is 4.97. The van der Waals surface area contributed by atoms with Gasteiger partial charge >= 0.3 is 0 Å². The molecule has 3 heteroatoms. The maximum absolute atomic E-state index is 12.3. The molecule has 1 amide bonds. The first kappa shape index (κ1) is 13.3. The van der Waals surface area contributed by atoms with Crippen molar-refractivity contribution in [3.8, 4) is 0 Å². The fourth-order valence-corrected chi connectivity index (χ4v) is 2.40. The van der Waals surface area contributed by atoms with Crippen LogP contribution in [-0.4, -0.2) is 11.7 Å². The molecule has 1 heterocycles. The van der Waals surface area contributed by atoms with Gasteiger partial charge in [0.05, 0.1) is 5.57 Å². The number of anilines is 1. The van der Waals surface area contributed by atoms with Gasteiger partial charge < -0.3 is 5.32 Å². The number of hydrogen-bond acceptors (Lipinski definition) is 2. The summed E-state index contributed by atoms with van der Waals surface area (Å²) in [6.45, 7) is 2.07. The van der Waals surface area contributed by atoms with Crippen molar-refractivity contribution >= 4 is 23.0 Å². The second-order valence-corrected chi connectivity index (χ2v) is 4.97. The van der Waals surface area contributed by atoms with Crippen molar-refractivity contribution < 1.29 is 9.59 Å². The third kappa shape index (κ3) is 2.50. The molecule has 0 saturated heterocycles. The Morgan fingerprint density at radius 2 is 1.81 bits per heavy atom. The van der Waals surface area contributed by atoms with E-state index in [-0.39, 0.29) is 11.7 Å². The Balaban J connectivity index is 1.94. The maximum atomic E-state index is 12.3. The molecule has 0 aliphatic carbocycles. The fraction of sp³-hybridized carbons (Fsp3) is 0.111. The predicted molar refractivity (Wildman–Crippen MR) is 83.2 cm³/mol. The monoisotopic (exact) mass is 277 g/mol. The summed E-state index contributed by atoms with van der Waals surface area (Å²) >= 11 is 0. The Morgan fingerprint density at radius 1 is 1.10 bits per heavy atom. The van der Waals surface area contributed by atoms with Crippen molar-refractivity contribution in [2.24, 2.45) is 0 Å². The predicted octanol–water partition coefficient (Wildman–Crippen LogP) is 3.47. The van der Waals surface area contributed by atoms with Crippen LogP contribution in [0.2, 0.25) is 0 Å². The number of nitrogens with one attached hydrogen (secondary N) is 1. The Morgan fingerprint density at radius 3 is 2.52 bits per heavy atom. The number of carbonyl (C=O) groups is 2. The number of hydrogen-bond donors (Lipinski definition) is 1. The Kier molecular flexibility index (Phi) is 3.40. The molecule has 21 heavy (non-hydrogen) atoms. The molecule has 0 unspecified atom stereocenters. The lowest BCUT2D eigenvalue weighted by atomic mass is 10.0. The SMILES string of the molecule is CCc1ccc(C(=O)C=C2C(=O)Nc3ccccc32)cc1. The summed E-state index contributed by atoms with van der Waals surface area (Å²) in [5, 5.41) is 2.76. The normalized spacial score (nSPS) is 14.9. The van der Waals surface area contributed by atoms with E-state index in [0.29, 0.717) is 11.1 Å². The molecule has 0 spiro atoms. The fourth-order valence-electron chi connectivity index (χ4n) is 2.40. The van der Waals surface area contributed by atoms with Gasteiger partial charge in [0.25, 0.3) is 5.91 Å². The molecule has 0 aromatic heterocycles. The van der Waals surface area contributed by atoms with Crippen molar-refractivity contribution in [1.82, 2.24) is 0 Å². The minimum Gasteiger partial charge on any atom is -0.321 e. The topological polar surface area (TPSA) is 46.2 Å². The molecule has 0 radical (unpaired) electrons. The first-order valence-corrected chi connectivity index (χ1v) is 6.94. The molecule has 0 fully saturated rings. The van der Waals surface area contributed by atoms with Gasteiger partial charge in [0.2, 0.25) is 0 Å². The van der Waals surface area contributed by atoms with Gasteiger partial charge in [0.15, 0.2) is 5.78 Å². The smallest absolute Gasteiger partial charge is 0.256 e. The Bertz CT molecular complexity index is 742. The zero-order valence-electron chi connectivity index (χ0n) is 11.7. The van der Waals surface area contributed by atoms with E-state index in [1.807, 2.05) is 36.4 Å². The van der Waals surface area contributed by atoms with Gasteiger partial charge in [-0.05, 0) is 24.1 Å². The van der Waals surface area contributed by atoms with Gasteiger partial charge in [-0.1, -0.05) is 49.4 Å². The van der Waals surface area contributed by atoms with Crippen molar-refractivity contribution in [3.63, 3.8) is 0 Å². The molecule has 3 rings (SSSR count). The lowest BCUT2D eigenvalue weighted by Gasteiger charge is -2.00. The molecule has 1 N–H and O–H groups in total. The number of benzene rings is 2. The number of aryl methyl sites for hydroxylation is 1. The molecule has 0 bridgehead atoms. The molecule has 2 aromatic rings. The molecular formula is C18H15NO2. The number of carbonyl (C=O) groups excluding carboxylic acids is 2. The molecular weight excluding hydrogens is 262 g/mol. The van der Waals surface area contributed by atoms with Crippen molar-refractivity contribution in [2.45, 2.75) is 13.3 Å². The van der Waals surface area contributed by atoms with E-state index in [0.717, 1.165) is 17.7 Å². The third-order valence-electron chi connectivity index (χ3n) is 3.63. The first-order chi connectivity index (χ1) is 10.2. The summed E-state index contributed by atoms with van der Waals surface area (Å²) in [7, 11) is 0. The van der Waals surface area contributed by atoms with Crippen LogP contribution in [0.5, 0.6) is 0 Å². The van der Waals surface area contributed by atoms with E-state index in [1.54, 1.807) is 12.1 Å². The number of amides is 1. The van der Waals surface area contributed by atoms with E-state index >= 15 is 0 Å². The molecule has 0 saturated carbocycles. The van der Waals surface area contributed by atoms with E-state index in [9.17, 15) is 9.59 Å². The molecule has 2 aromatic carbocycles. The van der Waals surface area contributed by atoms with Crippen LogP contribution in [0.4, 0.5) is 5.69 Å². The van der Waals surface area contributed by atoms with Gasteiger partial charge in [-0.25, -0.2) is 0 Å². The molecule has 3 nitrogen and oxygen atoms in total. The summed E-state index contributed by atoms with van der Waals surface area (Å²) in [5.41, 5.74) is 3.74. The molecule has 1 aliphatic heterocycles. The zero-order chi connectivity index (χ0) is 14.8. The maximum Gasteiger partial charge on any atom is 0.256 e. The summed E-state index contributed by atoms with van der Waals surface area (Å²) in [4.78, 5) is 24.3. The average Bonchev–Trinajstić information content (AvgIpc) is 2.83. The van der Waals surface area contributed by atoms with E-state index < -0.39 is 0 Å². The molecule has 104 valence electrons. The minimum atomic E-state index is -0.227. The lowest BCUT2D eigenvalue weighted by molar-refractivity contribution is -0.110. The third-order valence-corrected chi connectivity index (χ3v) is 3.63. The van der Waals surface area contributed by atoms with Crippen LogP contribution in [0, 0.1) is 0 Å². The Hall–Kier alpha value is -2.68. The van der Waals surface area contributed by atoms with Gasteiger partial charge in [0, 0.05) is 16.8 Å². The second kappa shape index (κ2) is 5.37. The number of fused-ring (bicyclic) bond motifs is 1. The quantitative estimate of drug-likeness (QED) is 0.689. The van der Waals surface area contributed by atoms with E-state index in [2.05, 4.69) is 12.2 Å². The van der Waals surface area contributed by atoms with Gasteiger partial charge in [-0.15, -0.1) is 0 Å². The number of allylic oxidation sites excluding steroid dienone is 1. The highest BCUT2D eigenvalue weighted by atomic mass is 16.2. The highest BCUT2D eigenvalue weighted by Gasteiger charge is 2.24. The molecule has 1 aliphatic rings. The van der Waals surface area contributed by atoms with Crippen LogP contribution >= 0.6 is 0 Å². The van der Waals surface area contributed by atoms with Crippen LogP contribution in [0.3, 0.4) is 0 Å². The van der Waals surface area contributed by atoms with E-state index in [4.69, 9.17) is 0 Å². The summed E-state index contributed by atoms with van der Waals surface area (Å²) < 4.78 is 0. The van der Waals surface area contributed by atoms with Crippen molar-refractivity contribution in [2.75, 3.05) is 5.32 Å².